The molecule has 0 aliphatic heterocycles. The largest absolute Gasteiger partial charge is 0.322 e. The van der Waals surface area contributed by atoms with Crippen LogP contribution in [0.5, 0.6) is 0 Å². The third kappa shape index (κ3) is 2.68. The predicted octanol–water partition coefficient (Wildman–Crippen LogP) is 5.00. The fraction of sp³-hybridized carbons (Fsp3) is 0.278. The Morgan fingerprint density at radius 1 is 1.10 bits per heavy atom. The van der Waals surface area contributed by atoms with Gasteiger partial charge in [-0.15, -0.1) is 11.6 Å². The summed E-state index contributed by atoms with van der Waals surface area (Å²) in [6.07, 6.45) is 0. The Bertz CT molecular complexity index is 770. The van der Waals surface area contributed by atoms with Gasteiger partial charge in [0.15, 0.2) is 0 Å². The fourth-order valence-electron chi connectivity index (χ4n) is 2.72. The van der Waals surface area contributed by atoms with Gasteiger partial charge in [-0.2, -0.15) is 0 Å². The molecule has 21 heavy (non-hydrogen) atoms. The Labute approximate surface area is 130 Å². The molecule has 1 aromatic heterocycles. The molecule has 0 aliphatic carbocycles. The predicted molar refractivity (Wildman–Crippen MR) is 89.0 cm³/mol. The van der Waals surface area contributed by atoms with Crippen molar-refractivity contribution in [3.05, 3.63) is 65.0 Å². The Morgan fingerprint density at radius 2 is 1.81 bits per heavy atom. The molecular weight excluding hydrogens is 280 g/mol. The van der Waals surface area contributed by atoms with Crippen LogP contribution in [0.4, 0.5) is 0 Å². The zero-order valence-electron chi connectivity index (χ0n) is 12.6. The minimum absolute atomic E-state index is 0.109. The molecular formula is C18H19ClN2. The minimum atomic E-state index is -0.109. The smallest absolute Gasteiger partial charge is 0.128 e. The first-order valence-electron chi connectivity index (χ1n) is 7.21. The molecule has 0 radical (unpaired) electrons. The zero-order chi connectivity index (χ0) is 15.0. The molecule has 0 fully saturated rings. The first-order valence-corrected chi connectivity index (χ1v) is 7.65. The molecule has 2 aromatic carbocycles. The first kappa shape index (κ1) is 14.2. The molecule has 0 bridgehead atoms. The third-order valence-corrected chi connectivity index (χ3v) is 4.01. The van der Waals surface area contributed by atoms with E-state index in [0.29, 0.717) is 0 Å². The molecule has 1 unspecified atom stereocenters. The summed E-state index contributed by atoms with van der Waals surface area (Å²) in [6.45, 7) is 7.00. The topological polar surface area (TPSA) is 17.8 Å². The lowest BCUT2D eigenvalue weighted by Crippen LogP contribution is -2.06. The number of imidazole rings is 1. The van der Waals surface area contributed by atoms with Gasteiger partial charge >= 0.3 is 0 Å². The van der Waals surface area contributed by atoms with Gasteiger partial charge in [-0.25, -0.2) is 4.98 Å². The lowest BCUT2D eigenvalue weighted by Gasteiger charge is -2.12. The molecule has 0 saturated carbocycles. The summed E-state index contributed by atoms with van der Waals surface area (Å²) in [5.41, 5.74) is 5.97. The maximum Gasteiger partial charge on any atom is 0.128 e. The van der Waals surface area contributed by atoms with E-state index in [1.54, 1.807) is 0 Å². The van der Waals surface area contributed by atoms with Crippen molar-refractivity contribution >= 4 is 22.6 Å². The number of rotatable bonds is 3. The van der Waals surface area contributed by atoms with Crippen molar-refractivity contribution in [3.63, 3.8) is 0 Å². The standard InChI is InChI=1S/C18H19ClN2/c1-12-7-9-15(10-8-12)11-21-17-13(2)5-4-6-16(17)20-18(21)14(3)19/h4-10,14H,11H2,1-3H3. The van der Waals surface area contributed by atoms with Crippen molar-refractivity contribution in [2.75, 3.05) is 0 Å². The second-order valence-corrected chi connectivity index (χ2v) is 6.26. The van der Waals surface area contributed by atoms with E-state index >= 15 is 0 Å². The van der Waals surface area contributed by atoms with Crippen LogP contribution in [0.15, 0.2) is 42.5 Å². The average molecular weight is 299 g/mol. The number of benzene rings is 2. The monoisotopic (exact) mass is 298 g/mol. The summed E-state index contributed by atoms with van der Waals surface area (Å²) >= 11 is 6.34. The molecule has 0 saturated heterocycles. The summed E-state index contributed by atoms with van der Waals surface area (Å²) in [7, 11) is 0. The highest BCUT2D eigenvalue weighted by Crippen LogP contribution is 2.27. The van der Waals surface area contributed by atoms with E-state index in [1.165, 1.54) is 22.2 Å². The number of aryl methyl sites for hydroxylation is 2. The van der Waals surface area contributed by atoms with Crippen molar-refractivity contribution in [1.82, 2.24) is 9.55 Å². The lowest BCUT2D eigenvalue weighted by molar-refractivity contribution is 0.741. The van der Waals surface area contributed by atoms with Gasteiger partial charge in [0.1, 0.15) is 5.82 Å². The van der Waals surface area contributed by atoms with Crippen molar-refractivity contribution in [1.29, 1.82) is 0 Å². The highest BCUT2D eigenvalue weighted by atomic mass is 35.5. The van der Waals surface area contributed by atoms with E-state index in [0.717, 1.165) is 17.9 Å². The Morgan fingerprint density at radius 3 is 2.48 bits per heavy atom. The highest BCUT2D eigenvalue weighted by Gasteiger charge is 2.16. The third-order valence-electron chi connectivity index (χ3n) is 3.82. The second-order valence-electron chi connectivity index (χ2n) is 5.60. The van der Waals surface area contributed by atoms with Gasteiger partial charge in [0, 0.05) is 6.54 Å². The molecule has 0 N–H and O–H groups in total. The van der Waals surface area contributed by atoms with Gasteiger partial charge < -0.3 is 4.57 Å². The van der Waals surface area contributed by atoms with Crippen LogP contribution in [0.2, 0.25) is 0 Å². The average Bonchev–Trinajstić information content (AvgIpc) is 2.82. The number of para-hydroxylation sites is 1. The van der Waals surface area contributed by atoms with E-state index < -0.39 is 0 Å². The number of hydrogen-bond donors (Lipinski definition) is 0. The fourth-order valence-corrected chi connectivity index (χ4v) is 2.89. The summed E-state index contributed by atoms with van der Waals surface area (Å²) < 4.78 is 2.24. The molecule has 0 amide bonds. The van der Waals surface area contributed by atoms with Crippen LogP contribution in [0.3, 0.4) is 0 Å². The summed E-state index contributed by atoms with van der Waals surface area (Å²) in [5.74, 6) is 0.932. The van der Waals surface area contributed by atoms with Crippen molar-refractivity contribution in [2.45, 2.75) is 32.7 Å². The highest BCUT2D eigenvalue weighted by molar-refractivity contribution is 6.20. The van der Waals surface area contributed by atoms with Crippen LogP contribution in [-0.4, -0.2) is 9.55 Å². The zero-order valence-corrected chi connectivity index (χ0v) is 13.4. The Hall–Kier alpha value is -1.80. The van der Waals surface area contributed by atoms with E-state index in [2.05, 4.69) is 54.8 Å². The normalized spacial score (nSPS) is 12.8. The number of aromatic nitrogens is 2. The molecule has 1 atom stereocenters. The molecule has 3 aromatic rings. The number of halogens is 1. The second kappa shape index (κ2) is 5.53. The van der Waals surface area contributed by atoms with E-state index in [1.807, 2.05) is 13.0 Å². The molecule has 3 rings (SSSR count). The lowest BCUT2D eigenvalue weighted by atomic mass is 10.1. The summed E-state index contributed by atoms with van der Waals surface area (Å²) in [6, 6.07) is 14.8. The van der Waals surface area contributed by atoms with Crippen LogP contribution in [0.1, 0.15) is 34.8 Å². The number of hydrogen-bond acceptors (Lipinski definition) is 1. The Kier molecular flexibility index (Phi) is 3.73. The van der Waals surface area contributed by atoms with E-state index in [4.69, 9.17) is 16.6 Å². The number of nitrogens with zero attached hydrogens (tertiary/aromatic N) is 2. The van der Waals surface area contributed by atoms with Gasteiger partial charge in [0.2, 0.25) is 0 Å². The summed E-state index contributed by atoms with van der Waals surface area (Å²) in [5, 5.41) is -0.109. The van der Waals surface area contributed by atoms with E-state index in [9.17, 15) is 0 Å². The molecule has 108 valence electrons. The minimum Gasteiger partial charge on any atom is -0.322 e. The van der Waals surface area contributed by atoms with Gasteiger partial charge in [-0.05, 0) is 38.0 Å². The van der Waals surface area contributed by atoms with Crippen LogP contribution in [0, 0.1) is 13.8 Å². The SMILES string of the molecule is Cc1ccc(Cn2c(C(C)Cl)nc3cccc(C)c32)cc1. The van der Waals surface area contributed by atoms with Crippen molar-refractivity contribution < 1.29 is 0 Å². The Balaban J connectivity index is 2.15. The van der Waals surface area contributed by atoms with E-state index in [-0.39, 0.29) is 5.38 Å². The van der Waals surface area contributed by atoms with Crippen LogP contribution >= 0.6 is 11.6 Å². The van der Waals surface area contributed by atoms with Gasteiger partial charge in [0.25, 0.3) is 0 Å². The molecule has 3 heteroatoms. The maximum absolute atomic E-state index is 6.34. The molecule has 1 heterocycles. The van der Waals surface area contributed by atoms with Gasteiger partial charge in [-0.1, -0.05) is 42.0 Å². The van der Waals surface area contributed by atoms with Crippen LogP contribution in [0.25, 0.3) is 11.0 Å². The van der Waals surface area contributed by atoms with Crippen LogP contribution in [-0.2, 0) is 6.54 Å². The van der Waals surface area contributed by atoms with Gasteiger partial charge in [-0.3, -0.25) is 0 Å². The first-order chi connectivity index (χ1) is 10.1. The molecule has 0 spiro atoms. The summed E-state index contributed by atoms with van der Waals surface area (Å²) in [4.78, 5) is 4.72. The van der Waals surface area contributed by atoms with Crippen molar-refractivity contribution in [2.24, 2.45) is 0 Å². The quantitative estimate of drug-likeness (QED) is 0.622. The molecule has 0 aliphatic rings. The van der Waals surface area contributed by atoms with Crippen molar-refractivity contribution in [3.8, 4) is 0 Å². The number of fused-ring (bicyclic) bond motifs is 1. The maximum atomic E-state index is 6.34. The number of alkyl halides is 1. The molecule has 2 nitrogen and oxygen atoms in total. The van der Waals surface area contributed by atoms with Gasteiger partial charge in [0.05, 0.1) is 16.4 Å². The van der Waals surface area contributed by atoms with Crippen LogP contribution < -0.4 is 0 Å².